The Morgan fingerprint density at radius 1 is 1.74 bits per heavy atom. The van der Waals surface area contributed by atoms with Crippen molar-refractivity contribution in [3.63, 3.8) is 0 Å². The summed E-state index contributed by atoms with van der Waals surface area (Å²) in [6, 6.07) is 0. The highest BCUT2D eigenvalue weighted by Crippen LogP contribution is 2.34. The molecule has 1 heterocycles. The Morgan fingerprint density at radius 3 is 2.84 bits per heavy atom. The molecule has 0 radical (unpaired) electrons. The van der Waals surface area contributed by atoms with Crippen LogP contribution in [0.15, 0.2) is 12.3 Å². The number of halogens is 2. The molecule has 0 aromatic carbocycles. The first-order valence-electron chi connectivity index (χ1n) is 5.63. The van der Waals surface area contributed by atoms with Crippen LogP contribution >= 0.6 is 11.6 Å². The number of aliphatic hydroxyl groups is 1. The standard InChI is InChI=1S/C11H16ClFN2O4/c1-14-9(18)2-3-15(7-17)10-8(13)4-11(5-12,6-16)19-10/h2-3,7-8,10,16H,4-6H2,1H3,(H,14,18)/b3-2-/t8?,10?,11-/m1/s1. The van der Waals surface area contributed by atoms with E-state index in [0.717, 1.165) is 17.2 Å². The summed E-state index contributed by atoms with van der Waals surface area (Å²) in [6.07, 6.45) is -0.280. The Morgan fingerprint density at radius 2 is 2.42 bits per heavy atom. The van der Waals surface area contributed by atoms with Gasteiger partial charge in [-0.2, -0.15) is 0 Å². The Balaban J connectivity index is 2.80. The van der Waals surface area contributed by atoms with Crippen LogP contribution in [0.25, 0.3) is 0 Å². The summed E-state index contributed by atoms with van der Waals surface area (Å²) in [5.74, 6) is -0.530. The van der Waals surface area contributed by atoms with Crippen LogP contribution in [0.2, 0.25) is 0 Å². The zero-order valence-electron chi connectivity index (χ0n) is 10.4. The summed E-state index contributed by atoms with van der Waals surface area (Å²) in [6.45, 7) is -0.445. The molecule has 1 fully saturated rings. The lowest BCUT2D eigenvalue weighted by Crippen LogP contribution is -2.40. The predicted octanol–water partition coefficient (Wildman–Crippen LogP) is -0.241. The minimum absolute atomic E-state index is 0.0910. The van der Waals surface area contributed by atoms with E-state index in [1.165, 1.54) is 7.05 Å². The van der Waals surface area contributed by atoms with Crippen LogP contribution in [-0.4, -0.2) is 59.9 Å². The highest BCUT2D eigenvalue weighted by atomic mass is 35.5. The number of hydrogen-bond acceptors (Lipinski definition) is 4. The Bertz CT molecular complexity index is 363. The second kappa shape index (κ2) is 6.83. The van der Waals surface area contributed by atoms with Gasteiger partial charge in [-0.3, -0.25) is 14.5 Å². The molecule has 0 saturated carbocycles. The van der Waals surface area contributed by atoms with Crippen molar-refractivity contribution in [2.24, 2.45) is 0 Å². The van der Waals surface area contributed by atoms with E-state index in [1.54, 1.807) is 0 Å². The van der Waals surface area contributed by atoms with Crippen LogP contribution < -0.4 is 5.32 Å². The summed E-state index contributed by atoms with van der Waals surface area (Å²) in [4.78, 5) is 22.9. The molecule has 1 aliphatic heterocycles. The molecule has 1 rings (SSSR count). The maximum atomic E-state index is 13.9. The third-order valence-electron chi connectivity index (χ3n) is 2.84. The van der Waals surface area contributed by atoms with Gasteiger partial charge in [0.2, 0.25) is 12.3 Å². The Hall–Kier alpha value is -1.18. The summed E-state index contributed by atoms with van der Waals surface area (Å²) < 4.78 is 19.2. The molecule has 0 spiro atoms. The maximum absolute atomic E-state index is 13.9. The fourth-order valence-electron chi connectivity index (χ4n) is 1.73. The molecular formula is C11H16ClFN2O4. The van der Waals surface area contributed by atoms with Crippen LogP contribution in [0.1, 0.15) is 6.42 Å². The van der Waals surface area contributed by atoms with Gasteiger partial charge >= 0.3 is 0 Å². The Labute approximate surface area is 115 Å². The summed E-state index contributed by atoms with van der Waals surface area (Å²) in [7, 11) is 1.42. The van der Waals surface area contributed by atoms with Crippen molar-refractivity contribution >= 4 is 23.9 Å². The Kier molecular flexibility index (Phi) is 5.71. The van der Waals surface area contributed by atoms with E-state index in [1.807, 2.05) is 0 Å². The zero-order chi connectivity index (χ0) is 14.5. The summed E-state index contributed by atoms with van der Waals surface area (Å²) in [5, 5.41) is 11.5. The van der Waals surface area contributed by atoms with E-state index in [2.05, 4.69) is 5.32 Å². The van der Waals surface area contributed by atoms with Crippen molar-refractivity contribution in [1.82, 2.24) is 10.2 Å². The summed E-state index contributed by atoms with van der Waals surface area (Å²) in [5.41, 5.74) is -1.20. The molecule has 6 nitrogen and oxygen atoms in total. The number of carbonyl (C=O) groups is 2. The quantitative estimate of drug-likeness (QED) is 0.403. The fraction of sp³-hybridized carbons (Fsp3) is 0.636. The van der Waals surface area contributed by atoms with E-state index in [4.69, 9.17) is 16.3 Å². The van der Waals surface area contributed by atoms with Crippen molar-refractivity contribution in [2.45, 2.75) is 24.4 Å². The lowest BCUT2D eigenvalue weighted by atomic mass is 10.0. The minimum atomic E-state index is -1.49. The molecule has 19 heavy (non-hydrogen) atoms. The van der Waals surface area contributed by atoms with Crippen LogP contribution in [-0.2, 0) is 14.3 Å². The smallest absolute Gasteiger partial charge is 0.245 e. The molecule has 2 amide bonds. The number of ether oxygens (including phenoxy) is 1. The second-order valence-corrected chi connectivity index (χ2v) is 4.45. The monoisotopic (exact) mass is 294 g/mol. The normalized spacial score (nSPS) is 30.5. The number of amides is 2. The highest BCUT2D eigenvalue weighted by Gasteiger charge is 2.48. The molecule has 0 aliphatic carbocycles. The van der Waals surface area contributed by atoms with Gasteiger partial charge in [-0.05, 0) is 0 Å². The molecule has 3 atom stereocenters. The predicted molar refractivity (Wildman–Crippen MR) is 66.0 cm³/mol. The zero-order valence-corrected chi connectivity index (χ0v) is 11.1. The highest BCUT2D eigenvalue weighted by molar-refractivity contribution is 6.18. The van der Waals surface area contributed by atoms with Gasteiger partial charge in [-0.25, -0.2) is 4.39 Å². The third-order valence-corrected chi connectivity index (χ3v) is 3.33. The SMILES string of the molecule is CNC(=O)/C=C\N(C=O)C1O[C@@](CO)(CCl)CC1F. The van der Waals surface area contributed by atoms with Crippen molar-refractivity contribution in [1.29, 1.82) is 0 Å². The van der Waals surface area contributed by atoms with Crippen molar-refractivity contribution < 1.29 is 23.8 Å². The van der Waals surface area contributed by atoms with E-state index >= 15 is 0 Å². The second-order valence-electron chi connectivity index (χ2n) is 4.19. The van der Waals surface area contributed by atoms with Crippen LogP contribution in [0.5, 0.6) is 0 Å². The van der Waals surface area contributed by atoms with Gasteiger partial charge in [-0.1, -0.05) is 0 Å². The van der Waals surface area contributed by atoms with Crippen LogP contribution in [0, 0.1) is 0 Å². The maximum Gasteiger partial charge on any atom is 0.245 e. The van der Waals surface area contributed by atoms with Gasteiger partial charge < -0.3 is 15.2 Å². The number of nitrogens with one attached hydrogen (secondary N) is 1. The van der Waals surface area contributed by atoms with Crippen LogP contribution in [0.3, 0.4) is 0 Å². The number of nitrogens with zero attached hydrogens (tertiary/aromatic N) is 1. The van der Waals surface area contributed by atoms with E-state index in [-0.39, 0.29) is 12.3 Å². The van der Waals surface area contributed by atoms with Crippen molar-refractivity contribution in [2.75, 3.05) is 19.5 Å². The van der Waals surface area contributed by atoms with E-state index in [9.17, 15) is 19.1 Å². The van der Waals surface area contributed by atoms with Gasteiger partial charge in [0.1, 0.15) is 11.8 Å². The minimum Gasteiger partial charge on any atom is -0.393 e. The number of aliphatic hydroxyl groups excluding tert-OH is 1. The van der Waals surface area contributed by atoms with E-state index in [0.29, 0.717) is 6.41 Å². The first kappa shape index (κ1) is 15.9. The molecule has 2 N–H and O–H groups in total. The largest absolute Gasteiger partial charge is 0.393 e. The van der Waals surface area contributed by atoms with Crippen molar-refractivity contribution in [3.8, 4) is 0 Å². The number of alkyl halides is 2. The number of hydrogen-bond donors (Lipinski definition) is 2. The molecule has 0 aromatic rings. The number of rotatable bonds is 6. The average Bonchev–Trinajstić information content (AvgIpc) is 2.77. The molecule has 1 saturated heterocycles. The molecule has 1 aliphatic rings. The van der Waals surface area contributed by atoms with Gasteiger partial charge in [0.05, 0.1) is 12.5 Å². The first-order valence-corrected chi connectivity index (χ1v) is 6.16. The topological polar surface area (TPSA) is 78.9 Å². The number of likely N-dealkylation sites (N-methyl/N-ethyl adjacent to an activating group) is 1. The molecular weight excluding hydrogens is 279 g/mol. The van der Waals surface area contributed by atoms with Gasteiger partial charge in [-0.15, -0.1) is 11.6 Å². The van der Waals surface area contributed by atoms with Gasteiger partial charge in [0, 0.05) is 25.7 Å². The number of carbonyl (C=O) groups excluding carboxylic acids is 2. The lowest BCUT2D eigenvalue weighted by molar-refractivity contribution is -0.139. The lowest BCUT2D eigenvalue weighted by Gasteiger charge is -2.26. The van der Waals surface area contributed by atoms with Crippen LogP contribution in [0.4, 0.5) is 4.39 Å². The third kappa shape index (κ3) is 3.65. The fourth-order valence-corrected chi connectivity index (χ4v) is 1.99. The average molecular weight is 295 g/mol. The van der Waals surface area contributed by atoms with Gasteiger partial charge in [0.25, 0.3) is 0 Å². The van der Waals surface area contributed by atoms with Crippen molar-refractivity contribution in [3.05, 3.63) is 12.3 Å². The van der Waals surface area contributed by atoms with Gasteiger partial charge in [0.15, 0.2) is 6.23 Å². The molecule has 0 bridgehead atoms. The molecule has 2 unspecified atom stereocenters. The first-order chi connectivity index (χ1) is 9.01. The van der Waals surface area contributed by atoms with E-state index < -0.39 is 30.5 Å². The summed E-state index contributed by atoms with van der Waals surface area (Å²) >= 11 is 5.65. The molecule has 108 valence electrons. The molecule has 0 aromatic heterocycles. The molecule has 8 heteroatoms.